The maximum Gasteiger partial charge on any atom is 0.262 e. The summed E-state index contributed by atoms with van der Waals surface area (Å²) in [6.45, 7) is 1.28. The molecule has 0 aliphatic heterocycles. The van der Waals surface area contributed by atoms with Gasteiger partial charge in [0.15, 0.2) is 0 Å². The van der Waals surface area contributed by atoms with Gasteiger partial charge in [-0.3, -0.25) is 4.72 Å². The van der Waals surface area contributed by atoms with Gasteiger partial charge in [0.25, 0.3) is 10.0 Å². The highest BCUT2D eigenvalue weighted by atomic mass is 35.5. The maximum absolute atomic E-state index is 13.6. The second-order valence-electron chi connectivity index (χ2n) is 4.33. The number of nitrogens with one attached hydrogen (secondary N) is 1. The van der Waals surface area contributed by atoms with Crippen LogP contribution in [-0.2, 0) is 10.0 Å². The van der Waals surface area contributed by atoms with Gasteiger partial charge in [-0.15, -0.1) is 0 Å². The van der Waals surface area contributed by atoms with Crippen LogP contribution in [0.4, 0.5) is 20.2 Å². The van der Waals surface area contributed by atoms with Crippen LogP contribution >= 0.6 is 11.6 Å². The lowest BCUT2D eigenvalue weighted by Crippen LogP contribution is -2.16. The summed E-state index contributed by atoms with van der Waals surface area (Å²) in [4.78, 5) is -0.376. The second-order valence-corrected chi connectivity index (χ2v) is 6.39. The smallest absolute Gasteiger partial charge is 0.262 e. The Balaban J connectivity index is 2.54. The fraction of sp³-hybridized carbons (Fsp3) is 0.0769. The summed E-state index contributed by atoms with van der Waals surface area (Å²) >= 11 is 5.76. The predicted octanol–water partition coefficient (Wildman–Crippen LogP) is 3.31. The van der Waals surface area contributed by atoms with Crippen molar-refractivity contribution in [2.45, 2.75) is 11.8 Å². The standard InChI is InChI=1S/C13H11ClF2N2O2S/c1-7-11(16)5-8(17)6-12(7)21(19,20)18-13-9(14)3-2-4-10(13)15/h2-6,18H,17H2,1H3. The molecule has 0 aliphatic rings. The molecule has 3 N–H and O–H groups in total. The Hall–Kier alpha value is -1.86. The molecule has 0 atom stereocenters. The van der Waals surface area contributed by atoms with Gasteiger partial charge in [-0.1, -0.05) is 17.7 Å². The van der Waals surface area contributed by atoms with Crippen molar-refractivity contribution < 1.29 is 17.2 Å². The number of nitrogen functional groups attached to an aromatic ring is 1. The van der Waals surface area contributed by atoms with Crippen LogP contribution in [0.1, 0.15) is 5.56 Å². The molecule has 21 heavy (non-hydrogen) atoms. The number of hydrogen-bond donors (Lipinski definition) is 2. The van der Waals surface area contributed by atoms with Gasteiger partial charge >= 0.3 is 0 Å². The minimum Gasteiger partial charge on any atom is -0.399 e. The van der Waals surface area contributed by atoms with Crippen molar-refractivity contribution >= 4 is 33.0 Å². The highest BCUT2D eigenvalue weighted by Gasteiger charge is 2.22. The molecule has 0 radical (unpaired) electrons. The first kappa shape index (κ1) is 15.5. The van der Waals surface area contributed by atoms with Crippen LogP contribution in [0, 0.1) is 18.6 Å². The highest BCUT2D eigenvalue weighted by Crippen LogP contribution is 2.29. The van der Waals surface area contributed by atoms with E-state index in [0.717, 1.165) is 18.2 Å². The molecule has 0 spiro atoms. The van der Waals surface area contributed by atoms with E-state index in [1.54, 1.807) is 0 Å². The molecular formula is C13H11ClF2N2O2S. The van der Waals surface area contributed by atoms with Gasteiger partial charge < -0.3 is 5.73 Å². The van der Waals surface area contributed by atoms with E-state index in [2.05, 4.69) is 0 Å². The van der Waals surface area contributed by atoms with E-state index in [1.807, 2.05) is 4.72 Å². The summed E-state index contributed by atoms with van der Waals surface area (Å²) in [5, 5.41) is -0.111. The number of anilines is 2. The zero-order chi connectivity index (χ0) is 15.8. The van der Waals surface area contributed by atoms with E-state index in [0.29, 0.717) is 0 Å². The van der Waals surface area contributed by atoms with Crippen molar-refractivity contribution in [3.63, 3.8) is 0 Å². The average molecular weight is 333 g/mol. The second kappa shape index (κ2) is 5.50. The molecule has 0 unspecified atom stereocenters. The Kier molecular flexibility index (Phi) is 4.06. The van der Waals surface area contributed by atoms with Gasteiger partial charge in [0.2, 0.25) is 0 Å². The Labute approximate surface area is 125 Å². The third-order valence-corrected chi connectivity index (χ3v) is 4.60. The molecule has 0 saturated heterocycles. The number of rotatable bonds is 3. The lowest BCUT2D eigenvalue weighted by Gasteiger charge is -2.13. The number of para-hydroxylation sites is 1. The minimum atomic E-state index is -4.23. The summed E-state index contributed by atoms with van der Waals surface area (Å²) in [5.41, 5.74) is 4.87. The Bertz CT molecular complexity index is 790. The quantitative estimate of drug-likeness (QED) is 0.847. The topological polar surface area (TPSA) is 72.2 Å². The van der Waals surface area contributed by atoms with Gasteiger partial charge in [-0.05, 0) is 31.2 Å². The van der Waals surface area contributed by atoms with Crippen LogP contribution in [-0.4, -0.2) is 8.42 Å². The maximum atomic E-state index is 13.6. The molecule has 0 aliphatic carbocycles. The van der Waals surface area contributed by atoms with Crippen molar-refractivity contribution in [3.05, 3.63) is 52.6 Å². The van der Waals surface area contributed by atoms with Crippen molar-refractivity contribution in [1.29, 1.82) is 0 Å². The molecule has 0 saturated carbocycles. The molecule has 2 aromatic carbocycles. The van der Waals surface area contributed by atoms with E-state index in [9.17, 15) is 17.2 Å². The SMILES string of the molecule is Cc1c(F)cc(N)cc1S(=O)(=O)Nc1c(F)cccc1Cl. The molecule has 0 aromatic heterocycles. The zero-order valence-electron chi connectivity index (χ0n) is 10.8. The van der Waals surface area contributed by atoms with Crippen LogP contribution in [0.5, 0.6) is 0 Å². The first-order chi connectivity index (χ1) is 9.72. The summed E-state index contributed by atoms with van der Waals surface area (Å²) < 4.78 is 53.8. The normalized spacial score (nSPS) is 11.4. The van der Waals surface area contributed by atoms with Gasteiger partial charge in [-0.25, -0.2) is 17.2 Å². The van der Waals surface area contributed by atoms with Gasteiger partial charge in [-0.2, -0.15) is 0 Å². The fourth-order valence-corrected chi connectivity index (χ4v) is 3.38. The molecule has 2 rings (SSSR count). The molecule has 0 bridgehead atoms. The first-order valence-corrected chi connectivity index (χ1v) is 7.61. The third-order valence-electron chi connectivity index (χ3n) is 2.81. The fourth-order valence-electron chi connectivity index (χ4n) is 1.74. The number of benzene rings is 2. The summed E-state index contributed by atoms with van der Waals surface area (Å²) in [5.74, 6) is -1.61. The van der Waals surface area contributed by atoms with Crippen molar-refractivity contribution in [3.8, 4) is 0 Å². The van der Waals surface area contributed by atoms with E-state index in [-0.39, 0.29) is 21.2 Å². The summed E-state index contributed by atoms with van der Waals surface area (Å²) in [7, 11) is -4.23. The van der Waals surface area contributed by atoms with E-state index < -0.39 is 27.3 Å². The zero-order valence-corrected chi connectivity index (χ0v) is 12.4. The lowest BCUT2D eigenvalue weighted by molar-refractivity contribution is 0.589. The molecule has 112 valence electrons. The Morgan fingerprint density at radius 1 is 1.19 bits per heavy atom. The van der Waals surface area contributed by atoms with Crippen LogP contribution in [0.2, 0.25) is 5.02 Å². The Morgan fingerprint density at radius 2 is 1.86 bits per heavy atom. The Morgan fingerprint density at radius 3 is 2.48 bits per heavy atom. The summed E-state index contributed by atoms with van der Waals surface area (Å²) in [6, 6.07) is 5.81. The molecule has 2 aromatic rings. The van der Waals surface area contributed by atoms with Crippen LogP contribution in [0.3, 0.4) is 0 Å². The van der Waals surface area contributed by atoms with E-state index >= 15 is 0 Å². The predicted molar refractivity (Wildman–Crippen MR) is 77.8 cm³/mol. The van der Waals surface area contributed by atoms with Crippen LogP contribution in [0.15, 0.2) is 35.2 Å². The molecule has 0 amide bonds. The molecule has 4 nitrogen and oxygen atoms in total. The number of hydrogen-bond acceptors (Lipinski definition) is 3. The first-order valence-electron chi connectivity index (χ1n) is 5.75. The largest absolute Gasteiger partial charge is 0.399 e. The summed E-state index contributed by atoms with van der Waals surface area (Å²) in [6.07, 6.45) is 0. The monoisotopic (exact) mass is 332 g/mol. The van der Waals surface area contributed by atoms with E-state index in [4.69, 9.17) is 17.3 Å². The van der Waals surface area contributed by atoms with E-state index in [1.165, 1.54) is 19.1 Å². The van der Waals surface area contributed by atoms with Crippen molar-refractivity contribution in [2.75, 3.05) is 10.5 Å². The molecule has 8 heteroatoms. The number of halogens is 3. The van der Waals surface area contributed by atoms with Gasteiger partial charge in [0.1, 0.15) is 17.3 Å². The number of sulfonamides is 1. The molecule has 0 heterocycles. The minimum absolute atomic E-state index is 0.0573. The lowest BCUT2D eigenvalue weighted by atomic mass is 10.2. The van der Waals surface area contributed by atoms with Crippen LogP contribution < -0.4 is 10.5 Å². The van der Waals surface area contributed by atoms with Gasteiger partial charge in [0.05, 0.1) is 9.92 Å². The third kappa shape index (κ3) is 3.08. The molecule has 0 fully saturated rings. The molecular weight excluding hydrogens is 322 g/mol. The average Bonchev–Trinajstić information content (AvgIpc) is 2.38. The van der Waals surface area contributed by atoms with Gasteiger partial charge in [0, 0.05) is 11.3 Å². The van der Waals surface area contributed by atoms with Crippen molar-refractivity contribution in [1.82, 2.24) is 0 Å². The number of nitrogens with two attached hydrogens (primary N) is 1. The van der Waals surface area contributed by atoms with Crippen molar-refractivity contribution in [2.24, 2.45) is 0 Å². The van der Waals surface area contributed by atoms with Crippen LogP contribution in [0.25, 0.3) is 0 Å². The highest BCUT2D eigenvalue weighted by molar-refractivity contribution is 7.92.